The zero-order chi connectivity index (χ0) is 31.5. The van der Waals surface area contributed by atoms with E-state index in [1.54, 1.807) is 20.0 Å². The third kappa shape index (κ3) is 8.17. The average Bonchev–Trinajstić information content (AvgIpc) is 2.95. The Hall–Kier alpha value is -3.39. The summed E-state index contributed by atoms with van der Waals surface area (Å²) in [5.41, 5.74) is -0.322. The Kier molecular flexibility index (Phi) is 9.90. The van der Waals surface area contributed by atoms with Crippen LogP contribution in [0.4, 0.5) is 29.2 Å². The molecule has 2 aromatic heterocycles. The van der Waals surface area contributed by atoms with E-state index in [1.807, 2.05) is 10.9 Å². The number of fused-ring (bicyclic) bond motifs is 1. The number of aromatic nitrogens is 3. The summed E-state index contributed by atoms with van der Waals surface area (Å²) < 4.78 is 79.6. The predicted molar refractivity (Wildman–Crippen MR) is 160 cm³/mol. The second-order valence-corrected chi connectivity index (χ2v) is 13.0. The summed E-state index contributed by atoms with van der Waals surface area (Å²) in [6.07, 6.45) is 1.43. The van der Waals surface area contributed by atoms with Gasteiger partial charge in [-0.15, -0.1) is 0 Å². The van der Waals surface area contributed by atoms with E-state index >= 15 is 0 Å². The molecule has 1 N–H and O–H groups in total. The van der Waals surface area contributed by atoms with Crippen LogP contribution in [-0.4, -0.2) is 65.6 Å². The largest absolute Gasteiger partial charge is 0.390 e. The van der Waals surface area contributed by atoms with Gasteiger partial charge < -0.3 is 4.90 Å². The minimum Gasteiger partial charge on any atom is -0.304 e. The summed E-state index contributed by atoms with van der Waals surface area (Å²) in [6.45, 7) is 6.78. The minimum absolute atomic E-state index is 0.125. The number of halogens is 4. The topological polar surface area (TPSA) is 110 Å². The normalized spacial score (nSPS) is 18.3. The molecule has 0 saturated heterocycles. The van der Waals surface area contributed by atoms with Crippen molar-refractivity contribution in [1.82, 2.24) is 19.4 Å². The van der Waals surface area contributed by atoms with E-state index in [2.05, 4.69) is 33.8 Å². The summed E-state index contributed by atoms with van der Waals surface area (Å²) in [5, 5.41) is 0.516. The van der Waals surface area contributed by atoms with Crippen molar-refractivity contribution in [3.05, 3.63) is 46.6 Å². The molecule has 0 unspecified atom stereocenters. The van der Waals surface area contributed by atoms with E-state index in [4.69, 9.17) is 0 Å². The maximum absolute atomic E-state index is 14.9. The van der Waals surface area contributed by atoms with Crippen LogP contribution < -0.4 is 10.3 Å². The third-order valence-corrected chi connectivity index (χ3v) is 9.01. The SMILES string of the molecule is CCN(C)C1CCC(C=Nc2ncc3cc(-c4ccc(NS(=O)(=O)CCC(F)(F)F)c(F)c4)c(=O)n(C(C)C)c3n2)CC1. The van der Waals surface area contributed by atoms with Crippen molar-refractivity contribution in [2.45, 2.75) is 71.1 Å². The van der Waals surface area contributed by atoms with Gasteiger partial charge in [0.05, 0.1) is 17.9 Å². The molecule has 14 heteroatoms. The van der Waals surface area contributed by atoms with E-state index in [1.165, 1.54) is 16.7 Å². The maximum atomic E-state index is 14.9. The molecule has 0 amide bonds. The van der Waals surface area contributed by atoms with Crippen LogP contribution in [0.25, 0.3) is 22.2 Å². The van der Waals surface area contributed by atoms with Crippen LogP contribution in [0.15, 0.2) is 40.2 Å². The van der Waals surface area contributed by atoms with Gasteiger partial charge in [0.1, 0.15) is 11.5 Å². The number of hydrogen-bond acceptors (Lipinski definition) is 7. The summed E-state index contributed by atoms with van der Waals surface area (Å²) in [7, 11) is -2.31. The summed E-state index contributed by atoms with van der Waals surface area (Å²) in [4.78, 5) is 29.4. The zero-order valence-electron chi connectivity index (χ0n) is 24.5. The number of sulfonamides is 1. The first-order valence-electron chi connectivity index (χ1n) is 14.2. The van der Waals surface area contributed by atoms with Gasteiger partial charge in [0.2, 0.25) is 10.0 Å². The molecule has 234 valence electrons. The standard InChI is InChI=1S/C29H36F4N6O3S/c1-5-38(4)22-9-6-19(7-10-22)16-34-28-35-17-21-14-23(27(40)39(18(2)3)26(21)36-28)20-8-11-25(24(30)15-20)37-43(41,42)13-12-29(31,32)33/h8,11,14-19,22,37H,5-7,9-10,12-13H2,1-4H3. The minimum atomic E-state index is -4.68. The van der Waals surface area contributed by atoms with Crippen LogP contribution in [0.3, 0.4) is 0 Å². The van der Waals surface area contributed by atoms with Crippen LogP contribution >= 0.6 is 0 Å². The molecular weight excluding hydrogens is 588 g/mol. The lowest BCUT2D eigenvalue weighted by Gasteiger charge is -2.32. The van der Waals surface area contributed by atoms with Crippen molar-refractivity contribution >= 4 is 38.9 Å². The van der Waals surface area contributed by atoms with Crippen molar-refractivity contribution in [1.29, 1.82) is 0 Å². The van der Waals surface area contributed by atoms with E-state index in [0.29, 0.717) is 23.0 Å². The molecule has 0 bridgehead atoms. The van der Waals surface area contributed by atoms with Crippen molar-refractivity contribution in [3.63, 3.8) is 0 Å². The van der Waals surface area contributed by atoms with Gasteiger partial charge in [0, 0.05) is 35.4 Å². The fourth-order valence-corrected chi connectivity index (χ4v) is 6.32. The Morgan fingerprint density at radius 2 is 1.88 bits per heavy atom. The number of pyridine rings is 1. The zero-order valence-corrected chi connectivity index (χ0v) is 25.3. The number of nitrogens with zero attached hydrogens (tertiary/aromatic N) is 5. The number of rotatable bonds is 10. The first-order chi connectivity index (χ1) is 20.2. The molecular formula is C29H36F4N6O3S. The number of benzene rings is 1. The van der Waals surface area contributed by atoms with Crippen LogP contribution in [0.5, 0.6) is 0 Å². The van der Waals surface area contributed by atoms with Gasteiger partial charge in [0.25, 0.3) is 11.5 Å². The highest BCUT2D eigenvalue weighted by molar-refractivity contribution is 7.92. The molecule has 1 fully saturated rings. The van der Waals surface area contributed by atoms with E-state index in [0.717, 1.165) is 44.4 Å². The highest BCUT2D eigenvalue weighted by atomic mass is 32.2. The lowest BCUT2D eigenvalue weighted by atomic mass is 9.86. The van der Waals surface area contributed by atoms with Crippen LogP contribution in [0.2, 0.25) is 0 Å². The fourth-order valence-electron chi connectivity index (χ4n) is 5.21. The predicted octanol–water partition coefficient (Wildman–Crippen LogP) is 6.09. The maximum Gasteiger partial charge on any atom is 0.390 e. The van der Waals surface area contributed by atoms with Gasteiger partial charge >= 0.3 is 6.18 Å². The first kappa shape index (κ1) is 32.5. The van der Waals surface area contributed by atoms with Crippen molar-refractivity contribution in [3.8, 4) is 11.1 Å². The molecule has 43 heavy (non-hydrogen) atoms. The van der Waals surface area contributed by atoms with E-state index in [9.17, 15) is 30.8 Å². The lowest BCUT2D eigenvalue weighted by molar-refractivity contribution is -0.129. The van der Waals surface area contributed by atoms with E-state index in [-0.39, 0.29) is 23.1 Å². The Morgan fingerprint density at radius 1 is 1.19 bits per heavy atom. The van der Waals surface area contributed by atoms with Crippen molar-refractivity contribution in [2.75, 3.05) is 24.1 Å². The molecule has 0 radical (unpaired) electrons. The van der Waals surface area contributed by atoms with Crippen LogP contribution in [-0.2, 0) is 10.0 Å². The second-order valence-electron chi connectivity index (χ2n) is 11.2. The molecule has 0 atom stereocenters. The molecule has 1 aromatic carbocycles. The van der Waals surface area contributed by atoms with Crippen molar-refractivity contribution in [2.24, 2.45) is 10.9 Å². The first-order valence-corrected chi connectivity index (χ1v) is 15.9. The van der Waals surface area contributed by atoms with Crippen LogP contribution in [0, 0.1) is 11.7 Å². The summed E-state index contributed by atoms with van der Waals surface area (Å²) >= 11 is 0. The average molecular weight is 625 g/mol. The smallest absolute Gasteiger partial charge is 0.304 e. The highest BCUT2D eigenvalue weighted by Crippen LogP contribution is 2.29. The Bertz CT molecular complexity index is 1650. The van der Waals surface area contributed by atoms with Crippen LogP contribution in [0.1, 0.15) is 58.9 Å². The molecule has 0 spiro atoms. The molecule has 1 aliphatic carbocycles. The number of anilines is 1. The van der Waals surface area contributed by atoms with Crippen molar-refractivity contribution < 1.29 is 26.0 Å². The molecule has 4 rings (SSSR count). The molecule has 0 aliphatic heterocycles. The third-order valence-electron chi connectivity index (χ3n) is 7.74. The lowest BCUT2D eigenvalue weighted by Crippen LogP contribution is -2.35. The van der Waals surface area contributed by atoms with Gasteiger partial charge in [-0.25, -0.2) is 22.8 Å². The summed E-state index contributed by atoms with van der Waals surface area (Å²) in [5.74, 6) is -1.73. The fraction of sp³-hybridized carbons (Fsp3) is 0.517. The van der Waals surface area contributed by atoms with E-state index < -0.39 is 45.4 Å². The monoisotopic (exact) mass is 624 g/mol. The Labute approximate surface area is 248 Å². The Morgan fingerprint density at radius 3 is 2.49 bits per heavy atom. The molecule has 1 aliphatic rings. The Balaban J connectivity index is 1.59. The molecule has 1 saturated carbocycles. The number of nitrogens with one attached hydrogen (secondary N) is 1. The van der Waals surface area contributed by atoms with Gasteiger partial charge in [-0.05, 0) is 82.8 Å². The number of hydrogen-bond donors (Lipinski definition) is 1. The molecule has 3 aromatic rings. The summed E-state index contributed by atoms with van der Waals surface area (Å²) in [6, 6.07) is 5.14. The number of alkyl halides is 3. The second kappa shape index (κ2) is 13.1. The van der Waals surface area contributed by atoms with Gasteiger partial charge in [-0.2, -0.15) is 18.2 Å². The molecule has 2 heterocycles. The van der Waals surface area contributed by atoms with Gasteiger partial charge in [-0.3, -0.25) is 14.1 Å². The quantitative estimate of drug-likeness (QED) is 0.216. The van der Waals surface area contributed by atoms with Gasteiger partial charge in [0.15, 0.2) is 0 Å². The molecule has 9 nitrogen and oxygen atoms in total. The number of aliphatic imine (C=N–C) groups is 1. The van der Waals surface area contributed by atoms with Gasteiger partial charge in [-0.1, -0.05) is 13.0 Å². The highest BCUT2D eigenvalue weighted by Gasteiger charge is 2.30.